The van der Waals surface area contributed by atoms with Crippen molar-refractivity contribution in [1.82, 2.24) is 0 Å². The minimum absolute atomic E-state index is 2.97. The molecule has 0 aliphatic rings. The summed E-state index contributed by atoms with van der Waals surface area (Å²) in [5.74, 6) is 11.9. The maximum atomic E-state index is 9.21. The van der Waals surface area contributed by atoms with Gasteiger partial charge in [0.25, 0.3) is 0 Å². The zero-order valence-electron chi connectivity index (χ0n) is 10.2. The molecule has 0 saturated heterocycles. The van der Waals surface area contributed by atoms with Crippen LogP contribution in [0.15, 0.2) is 0 Å². The van der Waals surface area contributed by atoms with E-state index in [1.165, 1.54) is 0 Å². The summed E-state index contributed by atoms with van der Waals surface area (Å²) in [5.41, 5.74) is 0. The second-order valence-electron chi connectivity index (χ2n) is 2.09. The molecule has 0 saturated carbocycles. The van der Waals surface area contributed by atoms with Crippen molar-refractivity contribution in [3.05, 3.63) is 0 Å². The molecule has 0 aliphatic heterocycles. The SMILES string of the molecule is NOS(=O)(=O)O.NOS(=O)(=O)O.NOS(=O)(=O)O.O=P(O)(O)O. The molecule has 12 N–H and O–H groups in total. The topological polar surface area (TPSA) is 347 Å². The molecule has 0 unspecified atom stereocenters. The molecule has 0 atom stereocenters. The molecule has 0 spiro atoms. The Balaban J connectivity index is -0.000000105. The van der Waals surface area contributed by atoms with Gasteiger partial charge in [-0.1, -0.05) is 0 Å². The Morgan fingerprint density at radius 3 is 0.652 bits per heavy atom. The predicted molar refractivity (Wildman–Crippen MR) is 64.7 cm³/mol. The summed E-state index contributed by atoms with van der Waals surface area (Å²) in [7, 11) is -17.8. The summed E-state index contributed by atoms with van der Waals surface area (Å²) in [6.45, 7) is 0. The largest absolute Gasteiger partial charge is 0.466 e. The van der Waals surface area contributed by atoms with Gasteiger partial charge < -0.3 is 14.7 Å². The van der Waals surface area contributed by atoms with E-state index < -0.39 is 39.0 Å². The Hall–Kier alpha value is -0.400. The van der Waals surface area contributed by atoms with E-state index in [-0.39, 0.29) is 0 Å². The fraction of sp³-hybridized carbons (Fsp3) is 0. The summed E-state index contributed by atoms with van der Waals surface area (Å²) < 4.78 is 95.4. The Labute approximate surface area is 128 Å². The van der Waals surface area contributed by atoms with E-state index in [4.69, 9.17) is 32.9 Å². The van der Waals surface area contributed by atoms with Gasteiger partial charge in [0, 0.05) is 0 Å². The molecule has 0 rings (SSSR count). The van der Waals surface area contributed by atoms with Crippen LogP contribution in [0.25, 0.3) is 0 Å². The molecule has 23 heavy (non-hydrogen) atoms. The van der Waals surface area contributed by atoms with Crippen LogP contribution in [0.1, 0.15) is 0 Å². The summed E-state index contributed by atoms with van der Waals surface area (Å²) >= 11 is 0. The van der Waals surface area contributed by atoms with Crippen molar-refractivity contribution in [3.63, 3.8) is 0 Å². The zero-order chi connectivity index (χ0) is 20.1. The van der Waals surface area contributed by atoms with Gasteiger partial charge in [0.15, 0.2) is 0 Å². The van der Waals surface area contributed by atoms with E-state index in [1.807, 2.05) is 0 Å². The first-order valence-corrected chi connectivity index (χ1v) is 9.20. The lowest BCUT2D eigenvalue weighted by Crippen LogP contribution is -2.08. The third-order valence-electron chi connectivity index (χ3n) is 0.365. The fourth-order valence-electron chi connectivity index (χ4n) is 0. The molecule has 0 amide bonds. The molecule has 0 fully saturated rings. The van der Waals surface area contributed by atoms with E-state index in [0.717, 1.165) is 0 Å². The van der Waals surface area contributed by atoms with Crippen molar-refractivity contribution in [2.75, 3.05) is 0 Å². The third kappa shape index (κ3) is 112. The lowest BCUT2D eigenvalue weighted by Gasteiger charge is -1.82. The molecule has 0 aromatic heterocycles. The molecule has 0 heterocycles. The molecule has 146 valence electrons. The first-order chi connectivity index (χ1) is 9.68. The second-order valence-corrected chi connectivity index (χ2v) is 6.26. The molecule has 0 aliphatic carbocycles. The van der Waals surface area contributed by atoms with Gasteiger partial charge in [-0.15, -0.1) is 0 Å². The Morgan fingerprint density at radius 1 is 0.609 bits per heavy atom. The van der Waals surface area contributed by atoms with Crippen molar-refractivity contribution in [2.24, 2.45) is 17.7 Å². The van der Waals surface area contributed by atoms with Crippen molar-refractivity contribution < 1.29 is 71.0 Å². The number of rotatable bonds is 3. The zero-order valence-corrected chi connectivity index (χ0v) is 13.5. The maximum absolute atomic E-state index is 9.21. The summed E-state index contributed by atoms with van der Waals surface area (Å²) in [5, 5.41) is 0. The van der Waals surface area contributed by atoms with E-state index >= 15 is 0 Å². The van der Waals surface area contributed by atoms with Crippen molar-refractivity contribution in [1.29, 1.82) is 0 Å². The summed E-state index contributed by atoms with van der Waals surface area (Å²) in [4.78, 5) is 21.6. The van der Waals surface area contributed by atoms with Gasteiger partial charge in [-0.25, -0.2) is 4.57 Å². The van der Waals surface area contributed by atoms with Crippen molar-refractivity contribution >= 4 is 39.0 Å². The van der Waals surface area contributed by atoms with Gasteiger partial charge >= 0.3 is 39.0 Å². The number of hydrogen-bond acceptors (Lipinski definition) is 13. The smallest absolute Gasteiger partial charge is 0.303 e. The average molecular weight is 437 g/mol. The molecule has 0 aromatic carbocycles. The van der Waals surface area contributed by atoms with Gasteiger partial charge in [0.1, 0.15) is 0 Å². The summed E-state index contributed by atoms with van der Waals surface area (Å²) in [6.07, 6.45) is 0. The van der Waals surface area contributed by atoms with Crippen molar-refractivity contribution in [3.8, 4) is 0 Å². The molecule has 0 bridgehead atoms. The van der Waals surface area contributed by atoms with E-state index in [0.29, 0.717) is 0 Å². The van der Waals surface area contributed by atoms with E-state index in [9.17, 15) is 25.3 Å². The van der Waals surface area contributed by atoms with Crippen LogP contribution in [0, 0.1) is 0 Å². The monoisotopic (exact) mass is 437 g/mol. The van der Waals surface area contributed by atoms with Crippen LogP contribution in [-0.4, -0.2) is 53.6 Å². The Morgan fingerprint density at radius 2 is 0.652 bits per heavy atom. The molecule has 23 heteroatoms. The maximum Gasteiger partial charge on any atom is 0.466 e. The van der Waals surface area contributed by atoms with Crippen LogP contribution in [0.4, 0.5) is 0 Å². The highest BCUT2D eigenvalue weighted by atomic mass is 32.3. The molecule has 0 aromatic rings. The van der Waals surface area contributed by atoms with Crippen LogP contribution in [0.5, 0.6) is 0 Å². The highest BCUT2D eigenvalue weighted by Gasteiger charge is 2.00. The minimum atomic E-state index is -4.64. The van der Waals surface area contributed by atoms with Crippen molar-refractivity contribution in [2.45, 2.75) is 0 Å². The van der Waals surface area contributed by atoms with Gasteiger partial charge in [-0.05, 0) is 0 Å². The Bertz CT molecular complexity index is 536. The normalized spacial score (nSPS) is 11.7. The van der Waals surface area contributed by atoms with Crippen LogP contribution in [0.2, 0.25) is 0 Å². The quantitative estimate of drug-likeness (QED) is 0.113. The first kappa shape index (κ1) is 30.5. The minimum Gasteiger partial charge on any atom is -0.303 e. The van der Waals surface area contributed by atoms with E-state index in [2.05, 4.69) is 30.5 Å². The predicted octanol–water partition coefficient (Wildman–Crippen LogP) is -4.89. The molecule has 19 nitrogen and oxygen atoms in total. The fourth-order valence-corrected chi connectivity index (χ4v) is 0. The number of nitrogens with two attached hydrogens (primary N) is 3. The third-order valence-corrected chi connectivity index (χ3v) is 1.09. The second kappa shape index (κ2) is 13.0. The highest BCUT2D eigenvalue weighted by Crippen LogP contribution is 2.25. The highest BCUT2D eigenvalue weighted by molar-refractivity contribution is 7.81. The number of hydrogen-bond donors (Lipinski definition) is 9. The molecular weight excluding hydrogens is 425 g/mol. The molecule has 0 radical (unpaired) electrons. The van der Waals surface area contributed by atoms with Gasteiger partial charge in [0.2, 0.25) is 0 Å². The van der Waals surface area contributed by atoms with Crippen LogP contribution in [0.3, 0.4) is 0 Å². The lowest BCUT2D eigenvalue weighted by atomic mass is 13.6. The molecular formula is H12N3O16PS3. The van der Waals surface area contributed by atoms with Gasteiger partial charge in [-0.2, -0.15) is 55.8 Å². The van der Waals surface area contributed by atoms with Gasteiger partial charge in [-0.3, -0.25) is 13.7 Å². The van der Waals surface area contributed by atoms with Crippen LogP contribution in [-0.2, 0) is 48.6 Å². The first-order valence-electron chi connectivity index (χ1n) is 3.54. The number of phosphoric acid groups is 1. The summed E-state index contributed by atoms with van der Waals surface area (Å²) in [6, 6.07) is 0. The van der Waals surface area contributed by atoms with Crippen LogP contribution >= 0.6 is 7.82 Å². The van der Waals surface area contributed by atoms with Gasteiger partial charge in [0.05, 0.1) is 0 Å². The van der Waals surface area contributed by atoms with Crippen LogP contribution < -0.4 is 17.7 Å². The lowest BCUT2D eigenvalue weighted by molar-refractivity contribution is 0.273. The standard InChI is InChI=1S/3H3NO4S.H3O4P/c3*1-5-6(2,3)4;1-5(2,3)4/h3*1H2,(H,2,3,4);(H3,1,2,3,4). The van der Waals surface area contributed by atoms with E-state index in [1.54, 1.807) is 0 Å². The Kier molecular flexibility index (Phi) is 17.2. The average Bonchev–Trinajstić information content (AvgIpc) is 2.25.